The maximum absolute atomic E-state index is 10.2. The molecule has 1 rings (SSSR count). The fourth-order valence-corrected chi connectivity index (χ4v) is 1.26. The Morgan fingerprint density at radius 3 is 2.53 bits per heavy atom. The Balaban J connectivity index is 0.00000256. The third-order valence-electron chi connectivity index (χ3n) is 1.61. The molecule has 0 aliphatic carbocycles. The van der Waals surface area contributed by atoms with Gasteiger partial charge >= 0.3 is 29.6 Å². The summed E-state index contributed by atoms with van der Waals surface area (Å²) in [5, 5.41) is 0. The topological polar surface area (TPSA) is 78.8 Å². The maximum Gasteiger partial charge on any atom is 1.00 e. The van der Waals surface area contributed by atoms with E-state index in [1.165, 1.54) is 6.26 Å². The van der Waals surface area contributed by atoms with E-state index in [0.717, 1.165) is 5.56 Å². The second-order valence-corrected chi connectivity index (χ2v) is 4.08. The average Bonchev–Trinajstić information content (AvgIpc) is 2.23. The van der Waals surface area contributed by atoms with Crippen molar-refractivity contribution in [1.29, 1.82) is 0 Å². The molecule has 0 aliphatic heterocycles. The largest absolute Gasteiger partial charge is 1.00 e. The Labute approximate surface area is 122 Å². The molecule has 17 heavy (non-hydrogen) atoms. The fraction of sp³-hybridized carbons (Fsp3) is 0.200. The average molecular weight is 266 g/mol. The molecule has 88 valence electrons. The Morgan fingerprint density at radius 1 is 1.29 bits per heavy atom. The van der Waals surface area contributed by atoms with Crippen molar-refractivity contribution in [1.82, 2.24) is 0 Å². The van der Waals surface area contributed by atoms with Gasteiger partial charge in [0.15, 0.2) is 0 Å². The van der Waals surface area contributed by atoms with Gasteiger partial charge in [0.05, 0.1) is 12.9 Å². The zero-order valence-electron chi connectivity index (χ0n) is 9.48. The van der Waals surface area contributed by atoms with Gasteiger partial charge < -0.3 is 19.0 Å². The van der Waals surface area contributed by atoms with E-state index in [0.29, 0.717) is 0 Å². The van der Waals surface area contributed by atoms with E-state index in [2.05, 4.69) is 4.52 Å². The standard InChI is InChI=1S/C10H13O5P.Na/c11-16(12,13)15-9-8-14-7-6-10-4-2-1-3-5-10;/h1-7H,8-9H2,(H2,11,12,13);/q;+1/p-1. The molecule has 1 aromatic carbocycles. The first kappa shape index (κ1) is 16.9. The monoisotopic (exact) mass is 266 g/mol. The summed E-state index contributed by atoms with van der Waals surface area (Å²) in [5.74, 6) is 0. The van der Waals surface area contributed by atoms with Crippen LogP contribution < -0.4 is 34.5 Å². The zero-order chi connectivity index (χ0) is 11.9. The second kappa shape index (κ2) is 8.89. The molecule has 0 aliphatic rings. The van der Waals surface area contributed by atoms with Gasteiger partial charge in [0.2, 0.25) is 0 Å². The van der Waals surface area contributed by atoms with Gasteiger partial charge in [0.1, 0.15) is 6.61 Å². The van der Waals surface area contributed by atoms with Crippen molar-refractivity contribution in [3.8, 4) is 0 Å². The van der Waals surface area contributed by atoms with Crippen molar-refractivity contribution < 1.29 is 53.2 Å². The summed E-state index contributed by atoms with van der Waals surface area (Å²) < 4.78 is 19.2. The van der Waals surface area contributed by atoms with Gasteiger partial charge in [-0.25, -0.2) is 0 Å². The summed E-state index contributed by atoms with van der Waals surface area (Å²) in [4.78, 5) is 18.4. The van der Waals surface area contributed by atoms with Gasteiger partial charge in [-0.3, -0.25) is 4.57 Å². The number of hydrogen-bond donors (Lipinski definition) is 1. The number of benzene rings is 1. The molecular weight excluding hydrogens is 254 g/mol. The van der Waals surface area contributed by atoms with Gasteiger partial charge in [-0.15, -0.1) is 0 Å². The van der Waals surface area contributed by atoms with Crippen LogP contribution in [0.3, 0.4) is 0 Å². The Hall–Kier alpha value is -0.130. The van der Waals surface area contributed by atoms with Crippen LogP contribution in [0.4, 0.5) is 0 Å². The molecule has 0 radical (unpaired) electrons. The molecule has 1 atom stereocenters. The van der Waals surface area contributed by atoms with E-state index in [4.69, 9.17) is 9.63 Å². The van der Waals surface area contributed by atoms with Gasteiger partial charge in [-0.1, -0.05) is 30.3 Å². The van der Waals surface area contributed by atoms with E-state index in [1.807, 2.05) is 30.3 Å². The van der Waals surface area contributed by atoms with E-state index in [1.54, 1.807) is 6.08 Å². The Kier molecular flexibility index (Phi) is 8.82. The minimum Gasteiger partial charge on any atom is -0.756 e. The quantitative estimate of drug-likeness (QED) is 0.283. The van der Waals surface area contributed by atoms with Crippen LogP contribution in [0.15, 0.2) is 36.6 Å². The number of rotatable bonds is 6. The third kappa shape index (κ3) is 9.56. The normalized spacial score (nSPS) is 14.0. The van der Waals surface area contributed by atoms with E-state index in [9.17, 15) is 9.46 Å². The summed E-state index contributed by atoms with van der Waals surface area (Å²) in [6.07, 6.45) is 3.17. The first-order chi connectivity index (χ1) is 7.58. The van der Waals surface area contributed by atoms with Crippen LogP contribution in [0, 0.1) is 0 Å². The van der Waals surface area contributed by atoms with Crippen LogP contribution in [-0.2, 0) is 13.8 Å². The van der Waals surface area contributed by atoms with Crippen LogP contribution in [-0.4, -0.2) is 18.1 Å². The van der Waals surface area contributed by atoms with Crippen molar-refractivity contribution in [2.24, 2.45) is 0 Å². The molecule has 1 unspecified atom stereocenters. The van der Waals surface area contributed by atoms with E-state index >= 15 is 0 Å². The molecule has 5 nitrogen and oxygen atoms in total. The molecule has 0 fully saturated rings. The molecular formula is C10H12NaO5P. The molecule has 0 amide bonds. The summed E-state index contributed by atoms with van der Waals surface area (Å²) in [6.45, 7) is -0.160. The molecule has 0 spiro atoms. The smallest absolute Gasteiger partial charge is 0.756 e. The van der Waals surface area contributed by atoms with Gasteiger partial charge in [0.25, 0.3) is 7.82 Å². The molecule has 0 saturated carbocycles. The van der Waals surface area contributed by atoms with E-state index < -0.39 is 7.82 Å². The molecule has 0 heterocycles. The minimum absolute atomic E-state index is 0. The summed E-state index contributed by atoms with van der Waals surface area (Å²) in [6, 6.07) is 9.48. The molecule has 0 aromatic heterocycles. The molecule has 1 aromatic rings. The number of ether oxygens (including phenoxy) is 1. The van der Waals surface area contributed by atoms with Gasteiger partial charge in [-0.05, 0) is 11.6 Å². The predicted octanol–water partition coefficient (Wildman–Crippen LogP) is -1.84. The van der Waals surface area contributed by atoms with Crippen LogP contribution in [0.5, 0.6) is 0 Å². The Bertz CT molecular complexity index is 376. The summed E-state index contributed by atoms with van der Waals surface area (Å²) >= 11 is 0. The van der Waals surface area contributed by atoms with Crippen molar-refractivity contribution >= 4 is 13.9 Å². The zero-order valence-corrected chi connectivity index (χ0v) is 12.4. The number of phosphoric acid groups is 1. The molecule has 1 N–H and O–H groups in total. The van der Waals surface area contributed by atoms with Gasteiger partial charge in [-0.2, -0.15) is 0 Å². The van der Waals surface area contributed by atoms with Gasteiger partial charge in [0, 0.05) is 0 Å². The number of hydrogen-bond acceptors (Lipinski definition) is 4. The van der Waals surface area contributed by atoms with Crippen LogP contribution in [0.2, 0.25) is 0 Å². The SMILES string of the molecule is O=P([O-])(O)OCCOC=Cc1ccccc1.[Na+]. The summed E-state index contributed by atoms with van der Waals surface area (Å²) in [5.41, 5.74) is 0.972. The van der Waals surface area contributed by atoms with Crippen LogP contribution >= 0.6 is 7.82 Å². The van der Waals surface area contributed by atoms with Crippen LogP contribution in [0.1, 0.15) is 5.56 Å². The fourth-order valence-electron chi connectivity index (χ4n) is 0.960. The molecule has 7 heteroatoms. The predicted molar refractivity (Wildman–Crippen MR) is 57.2 cm³/mol. The number of phosphoric ester groups is 1. The van der Waals surface area contributed by atoms with Crippen molar-refractivity contribution in [3.05, 3.63) is 42.2 Å². The molecule has 0 bridgehead atoms. The second-order valence-electron chi connectivity index (χ2n) is 2.89. The van der Waals surface area contributed by atoms with Crippen molar-refractivity contribution in [2.75, 3.05) is 13.2 Å². The third-order valence-corrected chi connectivity index (χ3v) is 2.12. The Morgan fingerprint density at radius 2 is 1.94 bits per heavy atom. The first-order valence-electron chi connectivity index (χ1n) is 4.59. The van der Waals surface area contributed by atoms with Crippen LogP contribution in [0.25, 0.3) is 6.08 Å². The van der Waals surface area contributed by atoms with E-state index in [-0.39, 0.29) is 42.8 Å². The maximum atomic E-state index is 10.2. The molecule has 0 saturated heterocycles. The first-order valence-corrected chi connectivity index (χ1v) is 6.09. The van der Waals surface area contributed by atoms with Crippen molar-refractivity contribution in [3.63, 3.8) is 0 Å². The minimum atomic E-state index is -4.63. The summed E-state index contributed by atoms with van der Waals surface area (Å²) in [7, 11) is -4.63. The van der Waals surface area contributed by atoms with Crippen molar-refractivity contribution in [2.45, 2.75) is 0 Å².